The van der Waals surface area contributed by atoms with Crippen molar-refractivity contribution in [1.82, 2.24) is 19.6 Å². The standard InChI is InChI=1S/C55H68N8O9S/c1-35(2)42-6-4-5-7-43(42)50-34-71-25-23-61(50)40-29-55(30-40)18-21-60(22-19-55)39-8-10-44(47(27-39)62-46-15-24-70-32-38(46)33-72-53-49(62)26-37-14-20-56-51(37)58-53)52(64)59-73(68,69)41-9-11-45(48(28-41)63(66)67)57-31-36-12-16-54(3,65)17-13-36/h4-11,14,20,26-28,35-36,38,40,46,50,57,65H,12-13,15-19,21-25,29-34H2,1-3H3,(H,56,58)(H,59,64)/t36-,38-,46+,50-,54-/m0/s1. The summed E-state index contributed by atoms with van der Waals surface area (Å²) in [6.07, 6.45) is 9.57. The molecule has 0 bridgehead atoms. The van der Waals surface area contributed by atoms with Gasteiger partial charge in [0.1, 0.15) is 17.0 Å². The number of fused-ring (bicyclic) bond motifs is 3. The van der Waals surface area contributed by atoms with Crippen LogP contribution < -0.4 is 24.6 Å². The van der Waals surface area contributed by atoms with Gasteiger partial charge in [0.2, 0.25) is 5.88 Å². The molecule has 17 nitrogen and oxygen atoms in total. The maximum Gasteiger partial charge on any atom is 0.293 e. The van der Waals surface area contributed by atoms with Gasteiger partial charge in [-0.15, -0.1) is 0 Å². The summed E-state index contributed by atoms with van der Waals surface area (Å²) in [7, 11) is -4.63. The molecule has 2 aromatic heterocycles. The second-order valence-electron chi connectivity index (χ2n) is 22.2. The number of aliphatic hydroxyl groups is 1. The van der Waals surface area contributed by atoms with E-state index in [1.807, 2.05) is 37.4 Å². The van der Waals surface area contributed by atoms with Crippen molar-refractivity contribution in [2.45, 2.75) is 113 Å². The van der Waals surface area contributed by atoms with Gasteiger partial charge in [0.25, 0.3) is 21.6 Å². The Morgan fingerprint density at radius 1 is 0.932 bits per heavy atom. The number of ether oxygens (including phenoxy) is 3. The first-order chi connectivity index (χ1) is 35.1. The molecule has 18 heteroatoms. The number of morpholine rings is 1. The lowest BCUT2D eigenvalue weighted by Crippen LogP contribution is -2.58. The molecular weight excluding hydrogens is 949 g/mol. The number of amides is 1. The first-order valence-corrected chi connectivity index (χ1v) is 27.7. The molecule has 11 rings (SSSR count). The summed E-state index contributed by atoms with van der Waals surface area (Å²) >= 11 is 0. The topological polar surface area (TPSA) is 205 Å². The maximum atomic E-state index is 14.8. The predicted molar refractivity (Wildman–Crippen MR) is 279 cm³/mol. The summed E-state index contributed by atoms with van der Waals surface area (Å²) in [4.78, 5) is 41.4. The number of nitro benzene ring substituents is 1. The van der Waals surface area contributed by atoms with Crippen LogP contribution in [0.3, 0.4) is 0 Å². The number of nitro groups is 1. The van der Waals surface area contributed by atoms with Crippen LogP contribution in [0.15, 0.2) is 83.9 Å². The molecule has 388 valence electrons. The molecule has 73 heavy (non-hydrogen) atoms. The largest absolute Gasteiger partial charge is 0.476 e. The monoisotopic (exact) mass is 1020 g/mol. The Morgan fingerprint density at radius 3 is 2.49 bits per heavy atom. The molecule has 0 radical (unpaired) electrons. The fraction of sp³-hybridized carbons (Fsp3) is 0.527. The summed E-state index contributed by atoms with van der Waals surface area (Å²) in [5.74, 6) is 0.0386. The van der Waals surface area contributed by atoms with Crippen LogP contribution in [0.2, 0.25) is 0 Å². The lowest BCUT2D eigenvalue weighted by Gasteiger charge is -2.57. The van der Waals surface area contributed by atoms with E-state index < -0.39 is 37.0 Å². The second kappa shape index (κ2) is 19.8. The zero-order valence-electron chi connectivity index (χ0n) is 42.1. The molecule has 4 N–H and O–H groups in total. The number of piperidine rings is 1. The number of hydrogen-bond acceptors (Lipinski definition) is 14. The van der Waals surface area contributed by atoms with Crippen molar-refractivity contribution in [1.29, 1.82) is 0 Å². The van der Waals surface area contributed by atoms with Crippen LogP contribution >= 0.6 is 0 Å². The minimum Gasteiger partial charge on any atom is -0.476 e. The van der Waals surface area contributed by atoms with E-state index in [1.54, 1.807) is 6.07 Å². The van der Waals surface area contributed by atoms with Gasteiger partial charge in [-0.3, -0.25) is 19.8 Å². The van der Waals surface area contributed by atoms with E-state index in [1.165, 1.54) is 23.3 Å². The normalized spacial score (nSPS) is 25.6. The van der Waals surface area contributed by atoms with Gasteiger partial charge in [-0.25, -0.2) is 13.1 Å². The summed E-state index contributed by atoms with van der Waals surface area (Å²) in [6, 6.07) is 22.6. The summed E-state index contributed by atoms with van der Waals surface area (Å²) in [6.45, 7) is 12.1. The Morgan fingerprint density at radius 2 is 1.71 bits per heavy atom. The Bertz CT molecular complexity index is 2970. The van der Waals surface area contributed by atoms with Gasteiger partial charge in [0, 0.05) is 74.1 Å². The zero-order valence-corrected chi connectivity index (χ0v) is 42.9. The number of carbonyl (C=O) groups excluding carboxylic acids is 1. The number of aromatic amines is 1. The molecule has 1 amide bonds. The number of nitrogens with one attached hydrogen (secondary N) is 3. The summed E-state index contributed by atoms with van der Waals surface area (Å²) < 4.78 is 49.3. The smallest absolute Gasteiger partial charge is 0.293 e. The van der Waals surface area contributed by atoms with E-state index in [2.05, 4.69) is 67.8 Å². The van der Waals surface area contributed by atoms with Gasteiger partial charge in [0.05, 0.1) is 59.1 Å². The molecule has 5 fully saturated rings. The zero-order chi connectivity index (χ0) is 50.6. The average Bonchev–Trinajstić information content (AvgIpc) is 3.78. The summed E-state index contributed by atoms with van der Waals surface area (Å²) in [5.41, 5.74) is 4.90. The van der Waals surface area contributed by atoms with E-state index in [0.717, 1.165) is 81.9 Å². The number of carbonyl (C=O) groups is 1. The minimum absolute atomic E-state index is 0.100. The van der Waals surface area contributed by atoms with Gasteiger partial charge in [-0.2, -0.15) is 4.98 Å². The Balaban J connectivity index is 0.874. The Hall–Kier alpha value is -5.79. The van der Waals surface area contributed by atoms with Crippen LogP contribution in [0, 0.1) is 27.4 Å². The van der Waals surface area contributed by atoms with Crippen molar-refractivity contribution in [3.8, 4) is 5.88 Å². The van der Waals surface area contributed by atoms with Crippen LogP contribution in [-0.4, -0.2) is 116 Å². The van der Waals surface area contributed by atoms with Crippen molar-refractivity contribution in [2.24, 2.45) is 17.3 Å². The van der Waals surface area contributed by atoms with Crippen LogP contribution in [-0.2, 0) is 19.5 Å². The van der Waals surface area contributed by atoms with Gasteiger partial charge in [-0.05, 0) is 136 Å². The second-order valence-corrected chi connectivity index (χ2v) is 23.8. The van der Waals surface area contributed by atoms with Crippen LogP contribution in [0.1, 0.15) is 112 Å². The van der Waals surface area contributed by atoms with E-state index >= 15 is 0 Å². The number of aromatic nitrogens is 2. The molecule has 2 aliphatic carbocycles. The quantitative estimate of drug-likeness (QED) is 0.0681. The minimum atomic E-state index is -4.63. The number of pyridine rings is 1. The van der Waals surface area contributed by atoms with Gasteiger partial charge >= 0.3 is 0 Å². The third-order valence-electron chi connectivity index (χ3n) is 17.0. The third-order valence-corrected chi connectivity index (χ3v) is 18.4. The molecular formula is C55H68N8O9S. The Kier molecular flexibility index (Phi) is 13.4. The SMILES string of the molecule is CC(C)c1ccccc1[C@@H]1COCCN1C1CC2(CCN(c3ccc(C(=O)NS(=O)(=O)c4ccc(NC[C@H]5CC[C@](C)(O)CC5)c([N+](=O)[O-])c4)c(N4c5cc6cc[nH]c6nc5OC[C@@H]5COCC[C@H]54)c3)CC2)C1. The fourth-order valence-electron chi connectivity index (χ4n) is 12.8. The number of H-pyrrole nitrogens is 1. The van der Waals surface area contributed by atoms with Crippen molar-refractivity contribution < 1.29 is 37.5 Å². The molecule has 6 aliphatic rings. The molecule has 1 spiro atoms. The first-order valence-electron chi connectivity index (χ1n) is 26.3. The molecule has 3 saturated heterocycles. The molecule has 0 unspecified atom stereocenters. The highest BCUT2D eigenvalue weighted by Crippen LogP contribution is 2.54. The molecule has 6 heterocycles. The predicted octanol–water partition coefficient (Wildman–Crippen LogP) is 8.82. The van der Waals surface area contributed by atoms with Gasteiger partial charge in [0.15, 0.2) is 0 Å². The highest BCUT2D eigenvalue weighted by molar-refractivity contribution is 7.90. The van der Waals surface area contributed by atoms with Gasteiger partial charge in [-0.1, -0.05) is 38.1 Å². The summed E-state index contributed by atoms with van der Waals surface area (Å²) in [5, 5.41) is 26.8. The highest BCUT2D eigenvalue weighted by Gasteiger charge is 2.50. The Labute approximate surface area is 427 Å². The number of nitrogens with zero attached hydrogens (tertiary/aromatic N) is 5. The lowest BCUT2D eigenvalue weighted by molar-refractivity contribution is -0.384. The van der Waals surface area contributed by atoms with Crippen molar-refractivity contribution >= 4 is 55.4 Å². The van der Waals surface area contributed by atoms with Crippen LogP contribution in [0.25, 0.3) is 11.0 Å². The van der Waals surface area contributed by atoms with Crippen molar-refractivity contribution in [2.75, 3.05) is 74.3 Å². The number of benzene rings is 3. The third kappa shape index (κ3) is 9.88. The maximum absolute atomic E-state index is 14.8. The molecule has 3 atom stereocenters. The van der Waals surface area contributed by atoms with Crippen molar-refractivity contribution in [3.05, 3.63) is 106 Å². The number of rotatable bonds is 12. The molecule has 5 aromatic rings. The first kappa shape index (κ1) is 49.4. The lowest BCUT2D eigenvalue weighted by atomic mass is 9.59. The molecule has 4 aliphatic heterocycles. The highest BCUT2D eigenvalue weighted by atomic mass is 32.2. The van der Waals surface area contributed by atoms with Crippen LogP contribution in [0.4, 0.5) is 28.4 Å². The van der Waals surface area contributed by atoms with Crippen molar-refractivity contribution in [3.63, 3.8) is 0 Å². The van der Waals surface area contributed by atoms with E-state index in [0.29, 0.717) is 87.1 Å². The van der Waals surface area contributed by atoms with Gasteiger partial charge < -0.3 is 39.4 Å². The van der Waals surface area contributed by atoms with E-state index in [4.69, 9.17) is 19.2 Å². The number of anilines is 4. The van der Waals surface area contributed by atoms with E-state index in [9.17, 15) is 28.4 Å². The number of hydrogen-bond donors (Lipinski definition) is 4. The average molecular weight is 1020 g/mol. The molecule has 2 saturated carbocycles. The van der Waals surface area contributed by atoms with E-state index in [-0.39, 0.29) is 40.6 Å². The van der Waals surface area contributed by atoms with Crippen LogP contribution in [0.5, 0.6) is 5.88 Å². The molecule has 3 aromatic carbocycles. The fourth-order valence-corrected chi connectivity index (χ4v) is 13.7. The number of sulfonamides is 1.